The third-order valence-electron chi connectivity index (χ3n) is 5.19. The third-order valence-corrected chi connectivity index (χ3v) is 7.01. The van der Waals surface area contributed by atoms with Crippen molar-refractivity contribution in [3.05, 3.63) is 77.4 Å². The molecule has 2 aromatic carbocycles. The van der Waals surface area contributed by atoms with Gasteiger partial charge in [-0.05, 0) is 62.1 Å². The van der Waals surface area contributed by atoms with Crippen LogP contribution in [0.25, 0.3) is 5.69 Å². The minimum Gasteiger partial charge on any atom is -0.351 e. The van der Waals surface area contributed by atoms with Crippen molar-refractivity contribution in [2.75, 3.05) is 12.3 Å². The van der Waals surface area contributed by atoms with Crippen LogP contribution in [0.1, 0.15) is 34.6 Å². The summed E-state index contributed by atoms with van der Waals surface area (Å²) >= 11 is 0. The van der Waals surface area contributed by atoms with E-state index >= 15 is 0 Å². The number of amides is 1. The van der Waals surface area contributed by atoms with Crippen molar-refractivity contribution in [3.8, 4) is 5.69 Å². The van der Waals surface area contributed by atoms with E-state index in [1.165, 1.54) is 12.1 Å². The number of sulfone groups is 1. The minimum absolute atomic E-state index is 0.0422. The summed E-state index contributed by atoms with van der Waals surface area (Å²) in [5, 5.41) is 7.26. The van der Waals surface area contributed by atoms with Gasteiger partial charge in [0.2, 0.25) is 0 Å². The molecule has 156 valence electrons. The van der Waals surface area contributed by atoms with Gasteiger partial charge in [-0.2, -0.15) is 5.10 Å². The molecule has 0 saturated carbocycles. The first-order valence-electron chi connectivity index (χ1n) is 9.88. The number of halogens is 1. The molecular formula is C22H22FN3O3S. The fraction of sp³-hybridized carbons (Fsp3) is 0.273. The van der Waals surface area contributed by atoms with E-state index < -0.39 is 9.84 Å². The topological polar surface area (TPSA) is 81.1 Å². The van der Waals surface area contributed by atoms with Crippen LogP contribution < -0.4 is 5.32 Å². The highest BCUT2D eigenvalue weighted by Gasteiger charge is 2.27. The molecule has 0 aliphatic heterocycles. The molecule has 30 heavy (non-hydrogen) atoms. The maximum atomic E-state index is 13.2. The Hall–Kier alpha value is -3.00. The van der Waals surface area contributed by atoms with Gasteiger partial charge in [0.1, 0.15) is 5.82 Å². The molecule has 1 N–H and O–H groups in total. The predicted octanol–water partition coefficient (Wildman–Crippen LogP) is 3.09. The molecule has 3 aromatic rings. The van der Waals surface area contributed by atoms with Gasteiger partial charge in [-0.15, -0.1) is 0 Å². The van der Waals surface area contributed by atoms with Crippen molar-refractivity contribution >= 4 is 15.7 Å². The molecular weight excluding hydrogens is 405 g/mol. The summed E-state index contributed by atoms with van der Waals surface area (Å²) in [6, 6.07) is 14.3. The Kier molecular flexibility index (Phi) is 5.67. The maximum absolute atomic E-state index is 13.2. The number of aromatic nitrogens is 2. The van der Waals surface area contributed by atoms with E-state index in [1.54, 1.807) is 47.1 Å². The molecule has 0 unspecified atom stereocenters. The molecule has 1 aromatic heterocycles. The van der Waals surface area contributed by atoms with Gasteiger partial charge in [-0.3, -0.25) is 4.79 Å². The number of hydrogen-bond donors (Lipinski definition) is 1. The molecule has 0 atom stereocenters. The number of carbonyl (C=O) groups excluding carboxylic acids is 1. The molecule has 1 heterocycles. The van der Waals surface area contributed by atoms with Crippen LogP contribution in [0.4, 0.5) is 4.39 Å². The summed E-state index contributed by atoms with van der Waals surface area (Å²) < 4.78 is 39.6. The Morgan fingerprint density at radius 3 is 2.53 bits per heavy atom. The zero-order valence-electron chi connectivity index (χ0n) is 16.3. The molecule has 1 aliphatic carbocycles. The second-order valence-corrected chi connectivity index (χ2v) is 9.37. The molecule has 1 aliphatic rings. The second-order valence-electron chi connectivity index (χ2n) is 7.26. The largest absolute Gasteiger partial charge is 0.351 e. The fourth-order valence-corrected chi connectivity index (χ4v) is 5.04. The first kappa shape index (κ1) is 20.3. The zero-order valence-corrected chi connectivity index (χ0v) is 17.2. The number of hydrogen-bond acceptors (Lipinski definition) is 4. The smallest absolute Gasteiger partial charge is 0.272 e. The fourth-order valence-electron chi connectivity index (χ4n) is 3.71. The Balaban J connectivity index is 1.42. The Bertz CT molecular complexity index is 1160. The third kappa shape index (κ3) is 4.14. The SMILES string of the molecule is O=C(NCCCS(=O)(=O)c1ccccc1)c1nn(-c2ccc(F)cc2)c2c1CCC2. The average Bonchev–Trinajstić information content (AvgIpc) is 3.35. The van der Waals surface area contributed by atoms with Crippen molar-refractivity contribution in [2.45, 2.75) is 30.6 Å². The number of rotatable bonds is 7. The Morgan fingerprint density at radius 1 is 1.07 bits per heavy atom. The predicted molar refractivity (Wildman–Crippen MR) is 111 cm³/mol. The van der Waals surface area contributed by atoms with E-state index in [9.17, 15) is 17.6 Å². The van der Waals surface area contributed by atoms with Gasteiger partial charge in [-0.25, -0.2) is 17.5 Å². The molecule has 0 saturated heterocycles. The summed E-state index contributed by atoms with van der Waals surface area (Å²) in [5.41, 5.74) is 2.95. The van der Waals surface area contributed by atoms with Crippen LogP contribution in [0.3, 0.4) is 0 Å². The lowest BCUT2D eigenvalue weighted by molar-refractivity contribution is 0.0947. The Labute approximate surface area is 174 Å². The Morgan fingerprint density at radius 2 is 1.80 bits per heavy atom. The summed E-state index contributed by atoms with van der Waals surface area (Å²) in [6.45, 7) is 0.239. The molecule has 8 heteroatoms. The molecule has 0 fully saturated rings. The monoisotopic (exact) mass is 427 g/mol. The summed E-state index contributed by atoms with van der Waals surface area (Å²) in [5.74, 6) is -0.684. The van der Waals surface area contributed by atoms with Crippen LogP contribution in [-0.2, 0) is 22.7 Å². The molecule has 1 amide bonds. The first-order valence-corrected chi connectivity index (χ1v) is 11.5. The number of carbonyl (C=O) groups is 1. The van der Waals surface area contributed by atoms with Crippen LogP contribution in [0.15, 0.2) is 59.5 Å². The van der Waals surface area contributed by atoms with Crippen molar-refractivity contribution in [3.63, 3.8) is 0 Å². The van der Waals surface area contributed by atoms with Gasteiger partial charge >= 0.3 is 0 Å². The van der Waals surface area contributed by atoms with E-state index in [1.807, 2.05) is 0 Å². The van der Waals surface area contributed by atoms with Gasteiger partial charge < -0.3 is 5.32 Å². The molecule has 0 spiro atoms. The van der Waals surface area contributed by atoms with E-state index in [0.717, 1.165) is 30.5 Å². The van der Waals surface area contributed by atoms with Crippen LogP contribution >= 0.6 is 0 Å². The average molecular weight is 428 g/mol. The molecule has 0 radical (unpaired) electrons. The summed E-state index contributed by atoms with van der Waals surface area (Å²) in [4.78, 5) is 13.0. The summed E-state index contributed by atoms with van der Waals surface area (Å²) in [6.07, 6.45) is 2.82. The summed E-state index contributed by atoms with van der Waals surface area (Å²) in [7, 11) is -3.37. The highest BCUT2D eigenvalue weighted by atomic mass is 32.2. The number of fused-ring (bicyclic) bond motifs is 1. The maximum Gasteiger partial charge on any atom is 0.272 e. The zero-order chi connectivity index (χ0) is 21.1. The number of nitrogens with zero attached hydrogens (tertiary/aromatic N) is 2. The van der Waals surface area contributed by atoms with Crippen molar-refractivity contribution in [1.29, 1.82) is 0 Å². The first-order chi connectivity index (χ1) is 14.5. The van der Waals surface area contributed by atoms with Gasteiger partial charge in [0.25, 0.3) is 5.91 Å². The van der Waals surface area contributed by atoms with E-state index in [-0.39, 0.29) is 28.9 Å². The number of benzene rings is 2. The molecule has 4 rings (SSSR count). The van der Waals surface area contributed by atoms with Gasteiger partial charge in [0, 0.05) is 17.8 Å². The van der Waals surface area contributed by atoms with E-state index in [0.29, 0.717) is 17.8 Å². The normalized spacial score (nSPS) is 13.2. The quantitative estimate of drug-likeness (QED) is 0.588. The highest BCUT2D eigenvalue weighted by molar-refractivity contribution is 7.91. The van der Waals surface area contributed by atoms with Gasteiger partial charge in [-0.1, -0.05) is 18.2 Å². The van der Waals surface area contributed by atoms with E-state index in [2.05, 4.69) is 10.4 Å². The van der Waals surface area contributed by atoms with Crippen LogP contribution in [0, 0.1) is 5.82 Å². The number of nitrogens with one attached hydrogen (secondary N) is 1. The molecule has 6 nitrogen and oxygen atoms in total. The molecule has 0 bridgehead atoms. The standard InChI is InChI=1S/C22H22FN3O3S/c23-16-10-12-17(13-11-16)26-20-9-4-8-19(20)21(25-26)22(27)24-14-5-15-30(28,29)18-6-2-1-3-7-18/h1-3,6-7,10-13H,4-5,8-9,14-15H2,(H,24,27). The van der Waals surface area contributed by atoms with Crippen molar-refractivity contribution in [1.82, 2.24) is 15.1 Å². The minimum atomic E-state index is -3.37. The van der Waals surface area contributed by atoms with Gasteiger partial charge in [0.05, 0.1) is 16.3 Å². The lowest BCUT2D eigenvalue weighted by atomic mass is 10.2. The van der Waals surface area contributed by atoms with Crippen molar-refractivity contribution in [2.24, 2.45) is 0 Å². The van der Waals surface area contributed by atoms with Crippen LogP contribution in [0.5, 0.6) is 0 Å². The lowest BCUT2D eigenvalue weighted by Crippen LogP contribution is -2.27. The lowest BCUT2D eigenvalue weighted by Gasteiger charge is -2.06. The van der Waals surface area contributed by atoms with Crippen molar-refractivity contribution < 1.29 is 17.6 Å². The second kappa shape index (κ2) is 8.39. The van der Waals surface area contributed by atoms with Crippen LogP contribution in [0.2, 0.25) is 0 Å². The van der Waals surface area contributed by atoms with Crippen LogP contribution in [-0.4, -0.2) is 36.4 Å². The van der Waals surface area contributed by atoms with Gasteiger partial charge in [0.15, 0.2) is 15.5 Å². The highest BCUT2D eigenvalue weighted by Crippen LogP contribution is 2.28. The van der Waals surface area contributed by atoms with E-state index in [4.69, 9.17) is 0 Å².